The standard InChI is InChI=1S/C21H28ClN3O4/c22-16-9-7-14(8-10-16)17(24-21(23)28)12-20(27)29-13-19(26)25-11-3-5-15-4-1-2-6-18(15)25/h7-10,15,17-18H,1-6,11-13H2,(H3,23,24,28)/t15-,17-,18-/m0/s1. The van der Waals surface area contributed by atoms with E-state index in [1.165, 1.54) is 19.3 Å². The zero-order chi connectivity index (χ0) is 20.8. The summed E-state index contributed by atoms with van der Waals surface area (Å²) in [6, 6.07) is 5.63. The SMILES string of the molecule is NC(=O)N[C@@H](CC(=O)OCC(=O)N1CCC[C@@H]2CCCC[C@@H]21)c1ccc(Cl)cc1. The smallest absolute Gasteiger partial charge is 0.312 e. The van der Waals surface area contributed by atoms with Crippen molar-refractivity contribution in [2.45, 2.75) is 57.0 Å². The van der Waals surface area contributed by atoms with E-state index in [2.05, 4.69) is 5.32 Å². The fourth-order valence-corrected chi connectivity index (χ4v) is 4.63. The van der Waals surface area contributed by atoms with Gasteiger partial charge in [-0.15, -0.1) is 0 Å². The number of hydrogen-bond acceptors (Lipinski definition) is 4. The van der Waals surface area contributed by atoms with Gasteiger partial charge in [0.1, 0.15) is 0 Å². The van der Waals surface area contributed by atoms with Gasteiger partial charge < -0.3 is 20.7 Å². The van der Waals surface area contributed by atoms with Crippen LogP contribution in [0.25, 0.3) is 0 Å². The van der Waals surface area contributed by atoms with Gasteiger partial charge in [0.25, 0.3) is 5.91 Å². The van der Waals surface area contributed by atoms with Gasteiger partial charge in [-0.2, -0.15) is 0 Å². The van der Waals surface area contributed by atoms with Crippen molar-refractivity contribution < 1.29 is 19.1 Å². The van der Waals surface area contributed by atoms with Crippen LogP contribution in [0.15, 0.2) is 24.3 Å². The molecule has 1 saturated carbocycles. The summed E-state index contributed by atoms with van der Waals surface area (Å²) in [6.45, 7) is 0.458. The molecule has 1 heterocycles. The second-order valence-corrected chi connectivity index (χ2v) is 8.26. The molecule has 3 rings (SSSR count). The topological polar surface area (TPSA) is 102 Å². The van der Waals surface area contributed by atoms with Crippen molar-refractivity contribution in [3.8, 4) is 0 Å². The third-order valence-electron chi connectivity index (χ3n) is 5.88. The number of piperidine rings is 1. The summed E-state index contributed by atoms with van der Waals surface area (Å²) in [6.07, 6.45) is 6.65. The van der Waals surface area contributed by atoms with Gasteiger partial charge in [-0.05, 0) is 49.3 Å². The zero-order valence-corrected chi connectivity index (χ0v) is 17.2. The maximum Gasteiger partial charge on any atom is 0.312 e. The second-order valence-electron chi connectivity index (χ2n) is 7.82. The Balaban J connectivity index is 1.55. The molecule has 1 aliphatic carbocycles. The number of ether oxygens (including phenoxy) is 1. The predicted octanol–water partition coefficient (Wildman–Crippen LogP) is 3.16. The number of nitrogens with zero attached hydrogens (tertiary/aromatic N) is 1. The highest BCUT2D eigenvalue weighted by atomic mass is 35.5. The van der Waals surface area contributed by atoms with Crippen LogP contribution in [0.4, 0.5) is 4.79 Å². The third kappa shape index (κ3) is 5.85. The molecule has 3 N–H and O–H groups in total. The maximum atomic E-state index is 12.7. The van der Waals surface area contributed by atoms with Crippen molar-refractivity contribution in [3.05, 3.63) is 34.9 Å². The first-order chi connectivity index (χ1) is 13.9. The second kappa shape index (κ2) is 9.96. The van der Waals surface area contributed by atoms with Crippen molar-refractivity contribution in [2.75, 3.05) is 13.2 Å². The average Bonchev–Trinajstić information content (AvgIpc) is 2.71. The molecular weight excluding hydrogens is 394 g/mol. The first-order valence-electron chi connectivity index (χ1n) is 10.2. The number of halogens is 1. The number of carbonyl (C=O) groups excluding carboxylic acids is 3. The van der Waals surface area contributed by atoms with E-state index in [9.17, 15) is 14.4 Å². The number of nitrogens with one attached hydrogen (secondary N) is 1. The Labute approximate surface area is 175 Å². The van der Waals surface area contributed by atoms with E-state index < -0.39 is 18.0 Å². The van der Waals surface area contributed by atoms with Crippen LogP contribution >= 0.6 is 11.6 Å². The molecule has 1 saturated heterocycles. The van der Waals surface area contributed by atoms with E-state index in [4.69, 9.17) is 22.1 Å². The molecule has 29 heavy (non-hydrogen) atoms. The lowest BCUT2D eigenvalue weighted by atomic mass is 9.78. The lowest BCUT2D eigenvalue weighted by Crippen LogP contribution is -2.50. The highest BCUT2D eigenvalue weighted by molar-refractivity contribution is 6.30. The van der Waals surface area contributed by atoms with Crippen LogP contribution in [0.2, 0.25) is 5.02 Å². The Morgan fingerprint density at radius 3 is 2.55 bits per heavy atom. The van der Waals surface area contributed by atoms with Crippen molar-refractivity contribution in [3.63, 3.8) is 0 Å². The van der Waals surface area contributed by atoms with Crippen molar-refractivity contribution in [1.29, 1.82) is 0 Å². The predicted molar refractivity (Wildman–Crippen MR) is 109 cm³/mol. The van der Waals surface area contributed by atoms with E-state index in [1.807, 2.05) is 4.90 Å². The summed E-state index contributed by atoms with van der Waals surface area (Å²) in [7, 11) is 0. The fourth-order valence-electron chi connectivity index (χ4n) is 4.50. The number of nitrogens with two attached hydrogens (primary N) is 1. The van der Waals surface area contributed by atoms with Gasteiger partial charge in [-0.3, -0.25) is 9.59 Å². The average molecular weight is 422 g/mol. The molecule has 3 atom stereocenters. The van der Waals surface area contributed by atoms with Crippen LogP contribution < -0.4 is 11.1 Å². The Bertz CT molecular complexity index is 738. The van der Waals surface area contributed by atoms with Crippen LogP contribution in [0.1, 0.15) is 56.6 Å². The molecule has 7 nitrogen and oxygen atoms in total. The Hall–Kier alpha value is -2.28. The Morgan fingerprint density at radius 1 is 1.14 bits per heavy atom. The largest absolute Gasteiger partial charge is 0.455 e. The zero-order valence-electron chi connectivity index (χ0n) is 16.4. The van der Waals surface area contributed by atoms with E-state index in [-0.39, 0.29) is 25.0 Å². The number of likely N-dealkylation sites (tertiary alicyclic amines) is 1. The molecule has 3 amide bonds. The number of rotatable bonds is 6. The fraction of sp³-hybridized carbons (Fsp3) is 0.571. The highest BCUT2D eigenvalue weighted by Crippen LogP contribution is 2.35. The van der Waals surface area contributed by atoms with E-state index in [0.29, 0.717) is 16.5 Å². The first-order valence-corrected chi connectivity index (χ1v) is 10.6. The molecule has 1 aromatic carbocycles. The lowest BCUT2D eigenvalue weighted by molar-refractivity contribution is -0.155. The van der Waals surface area contributed by atoms with Gasteiger partial charge in [0.05, 0.1) is 12.5 Å². The molecule has 0 bridgehead atoms. The highest BCUT2D eigenvalue weighted by Gasteiger charge is 2.35. The van der Waals surface area contributed by atoms with E-state index >= 15 is 0 Å². The molecule has 1 aliphatic heterocycles. The minimum atomic E-state index is -0.745. The van der Waals surface area contributed by atoms with Gasteiger partial charge in [-0.25, -0.2) is 4.79 Å². The number of fused-ring (bicyclic) bond motifs is 1. The normalized spacial score (nSPS) is 22.3. The van der Waals surface area contributed by atoms with Crippen LogP contribution in [0.3, 0.4) is 0 Å². The summed E-state index contributed by atoms with van der Waals surface area (Å²) in [4.78, 5) is 38.2. The van der Waals surface area contributed by atoms with E-state index in [1.54, 1.807) is 24.3 Å². The molecule has 158 valence electrons. The molecule has 0 aromatic heterocycles. The number of esters is 1. The first kappa shape index (κ1) is 21.4. The number of hydrogen-bond donors (Lipinski definition) is 2. The van der Waals surface area contributed by atoms with Crippen molar-refractivity contribution in [2.24, 2.45) is 11.7 Å². The monoisotopic (exact) mass is 421 g/mol. The summed E-state index contributed by atoms with van der Waals surface area (Å²) in [5, 5.41) is 3.08. The van der Waals surface area contributed by atoms with Gasteiger partial charge in [0.15, 0.2) is 6.61 Å². The number of carbonyl (C=O) groups is 3. The van der Waals surface area contributed by atoms with Crippen LogP contribution in [0.5, 0.6) is 0 Å². The third-order valence-corrected chi connectivity index (χ3v) is 6.13. The molecule has 2 fully saturated rings. The molecular formula is C21H28ClN3O4. The summed E-state index contributed by atoms with van der Waals surface area (Å²) >= 11 is 5.89. The van der Waals surface area contributed by atoms with Crippen molar-refractivity contribution in [1.82, 2.24) is 10.2 Å². The van der Waals surface area contributed by atoms with Gasteiger partial charge >= 0.3 is 12.0 Å². The summed E-state index contributed by atoms with van der Waals surface area (Å²) in [5.74, 6) is -0.128. The summed E-state index contributed by atoms with van der Waals surface area (Å²) < 4.78 is 5.25. The number of primary amides is 1. The van der Waals surface area contributed by atoms with Gasteiger partial charge in [-0.1, -0.05) is 36.6 Å². The summed E-state index contributed by atoms with van der Waals surface area (Å²) in [5.41, 5.74) is 5.91. The molecule has 8 heteroatoms. The minimum Gasteiger partial charge on any atom is -0.455 e. The quantitative estimate of drug-likeness (QED) is 0.688. The van der Waals surface area contributed by atoms with Gasteiger partial charge in [0.2, 0.25) is 0 Å². The number of benzene rings is 1. The van der Waals surface area contributed by atoms with Crippen LogP contribution in [-0.2, 0) is 14.3 Å². The minimum absolute atomic E-state index is 0.121. The molecule has 0 radical (unpaired) electrons. The van der Waals surface area contributed by atoms with Crippen LogP contribution in [-0.4, -0.2) is 42.0 Å². The van der Waals surface area contributed by atoms with Crippen molar-refractivity contribution >= 4 is 29.5 Å². The number of amides is 3. The Morgan fingerprint density at radius 2 is 1.83 bits per heavy atom. The number of urea groups is 1. The molecule has 1 aromatic rings. The maximum absolute atomic E-state index is 12.7. The molecule has 0 unspecified atom stereocenters. The molecule has 0 spiro atoms. The van der Waals surface area contributed by atoms with E-state index in [0.717, 1.165) is 25.8 Å². The lowest BCUT2D eigenvalue weighted by Gasteiger charge is -2.44. The van der Waals surface area contributed by atoms with Crippen LogP contribution in [0, 0.1) is 5.92 Å². The molecule has 2 aliphatic rings. The van der Waals surface area contributed by atoms with Gasteiger partial charge in [0, 0.05) is 17.6 Å². The Kier molecular flexibility index (Phi) is 7.36.